The van der Waals surface area contributed by atoms with E-state index in [1.165, 1.54) is 6.33 Å². The summed E-state index contributed by atoms with van der Waals surface area (Å²) >= 11 is 2.30. The highest BCUT2D eigenvalue weighted by Crippen LogP contribution is 2.36. The molecule has 1 aliphatic carbocycles. The number of halogens is 1. The van der Waals surface area contributed by atoms with Crippen LogP contribution in [0.25, 0.3) is 11.0 Å². The van der Waals surface area contributed by atoms with Gasteiger partial charge < -0.3 is 10.3 Å². The van der Waals surface area contributed by atoms with E-state index in [0.29, 0.717) is 42.5 Å². The van der Waals surface area contributed by atoms with Gasteiger partial charge in [0.2, 0.25) is 0 Å². The Bertz CT molecular complexity index is 875. The maximum absolute atomic E-state index is 11.6. The molecule has 0 unspecified atom stereocenters. The summed E-state index contributed by atoms with van der Waals surface area (Å²) in [4.78, 5) is 10.9. The quantitative estimate of drug-likeness (QED) is 0.667. The number of hydrogen-bond acceptors (Lipinski definition) is 6. The summed E-state index contributed by atoms with van der Waals surface area (Å²) in [6.07, 6.45) is 8.03. The molecule has 0 bridgehead atoms. The van der Waals surface area contributed by atoms with Crippen molar-refractivity contribution in [3.63, 3.8) is 0 Å². The number of nitrogen functional groups attached to an aromatic ring is 1. The van der Waals surface area contributed by atoms with E-state index in [1.54, 1.807) is 0 Å². The normalized spacial score (nSPS) is 27.6. The minimum atomic E-state index is -2.81. The van der Waals surface area contributed by atoms with Crippen molar-refractivity contribution in [2.24, 2.45) is 0 Å². The van der Waals surface area contributed by atoms with Gasteiger partial charge in [0.15, 0.2) is 9.84 Å². The van der Waals surface area contributed by atoms with Crippen LogP contribution in [0.15, 0.2) is 12.5 Å². The van der Waals surface area contributed by atoms with E-state index in [0.717, 1.165) is 40.3 Å². The zero-order chi connectivity index (χ0) is 17.6. The highest BCUT2D eigenvalue weighted by atomic mass is 127. The van der Waals surface area contributed by atoms with Gasteiger partial charge in [0, 0.05) is 34.9 Å². The molecule has 2 aromatic rings. The second kappa shape index (κ2) is 6.66. The average Bonchev–Trinajstić information content (AvgIpc) is 2.93. The molecule has 2 aromatic heterocycles. The fourth-order valence-corrected chi connectivity index (χ4v) is 6.18. The van der Waals surface area contributed by atoms with Crippen molar-refractivity contribution in [2.75, 3.05) is 30.3 Å². The van der Waals surface area contributed by atoms with Gasteiger partial charge in [-0.3, -0.25) is 4.90 Å². The Morgan fingerprint density at radius 1 is 1.08 bits per heavy atom. The van der Waals surface area contributed by atoms with Crippen LogP contribution in [0.3, 0.4) is 0 Å². The van der Waals surface area contributed by atoms with Crippen molar-refractivity contribution in [3.05, 3.63) is 16.1 Å². The Morgan fingerprint density at radius 2 is 1.72 bits per heavy atom. The van der Waals surface area contributed by atoms with Crippen molar-refractivity contribution >= 4 is 49.3 Å². The molecule has 0 aromatic carbocycles. The number of rotatable bonds is 2. The number of nitrogens with zero attached hydrogens (tertiary/aromatic N) is 4. The molecule has 4 rings (SSSR count). The van der Waals surface area contributed by atoms with Crippen molar-refractivity contribution in [1.82, 2.24) is 19.4 Å². The molecule has 25 heavy (non-hydrogen) atoms. The minimum Gasteiger partial charge on any atom is -0.383 e. The van der Waals surface area contributed by atoms with Gasteiger partial charge in [-0.25, -0.2) is 18.4 Å². The van der Waals surface area contributed by atoms with E-state index < -0.39 is 9.84 Å². The van der Waals surface area contributed by atoms with Gasteiger partial charge in [-0.15, -0.1) is 0 Å². The van der Waals surface area contributed by atoms with Crippen molar-refractivity contribution in [3.8, 4) is 0 Å². The summed E-state index contributed by atoms with van der Waals surface area (Å²) in [5, 5.41) is 0.950. The molecule has 1 saturated carbocycles. The lowest BCUT2D eigenvalue weighted by atomic mass is 9.90. The SMILES string of the molecule is Nc1ncnc2c1c(I)cn2C1CCC(N2CCS(=O)(=O)CC2)CC1. The van der Waals surface area contributed by atoms with Crippen LogP contribution in [-0.2, 0) is 9.84 Å². The summed E-state index contributed by atoms with van der Waals surface area (Å²) < 4.78 is 26.6. The van der Waals surface area contributed by atoms with Crippen LogP contribution in [-0.4, -0.2) is 58.5 Å². The third-order valence-electron chi connectivity index (χ3n) is 5.55. The first-order chi connectivity index (χ1) is 11.9. The van der Waals surface area contributed by atoms with Gasteiger partial charge in [-0.2, -0.15) is 0 Å². The lowest BCUT2D eigenvalue weighted by molar-refractivity contribution is 0.149. The van der Waals surface area contributed by atoms with Crippen molar-refractivity contribution < 1.29 is 8.42 Å². The molecule has 0 atom stereocenters. The van der Waals surface area contributed by atoms with Gasteiger partial charge in [-0.05, 0) is 48.3 Å². The number of fused-ring (bicyclic) bond motifs is 1. The van der Waals surface area contributed by atoms with Crippen molar-refractivity contribution in [1.29, 1.82) is 0 Å². The van der Waals surface area contributed by atoms with Crippen LogP contribution in [0.5, 0.6) is 0 Å². The fourth-order valence-electron chi connectivity index (χ4n) is 4.13. The predicted octanol–water partition coefficient (Wildman–Crippen LogP) is 1.83. The second-order valence-electron chi connectivity index (χ2n) is 6.99. The highest BCUT2D eigenvalue weighted by Gasteiger charge is 2.31. The molecule has 1 aliphatic heterocycles. The smallest absolute Gasteiger partial charge is 0.152 e. The fraction of sp³-hybridized carbons (Fsp3) is 0.625. The van der Waals surface area contributed by atoms with E-state index in [-0.39, 0.29) is 0 Å². The van der Waals surface area contributed by atoms with Gasteiger partial charge in [-0.1, -0.05) is 0 Å². The first-order valence-corrected chi connectivity index (χ1v) is 11.6. The van der Waals surface area contributed by atoms with Crippen LogP contribution in [0.1, 0.15) is 31.7 Å². The molecule has 0 spiro atoms. The number of hydrogen-bond donors (Lipinski definition) is 1. The van der Waals surface area contributed by atoms with Gasteiger partial charge in [0.1, 0.15) is 17.8 Å². The number of nitrogens with two attached hydrogens (primary N) is 1. The zero-order valence-electron chi connectivity index (χ0n) is 13.9. The molecule has 3 heterocycles. The molecule has 2 fully saturated rings. The number of sulfone groups is 1. The van der Waals surface area contributed by atoms with Gasteiger partial charge in [0.25, 0.3) is 0 Å². The minimum absolute atomic E-state index is 0.309. The molecule has 7 nitrogen and oxygen atoms in total. The van der Waals surface area contributed by atoms with Crippen LogP contribution < -0.4 is 5.73 Å². The molecule has 1 saturated heterocycles. The van der Waals surface area contributed by atoms with Crippen LogP contribution in [0.2, 0.25) is 0 Å². The summed E-state index contributed by atoms with van der Waals surface area (Å²) in [5.41, 5.74) is 6.94. The topological polar surface area (TPSA) is 94.1 Å². The summed E-state index contributed by atoms with van der Waals surface area (Å²) in [6, 6.07) is 0.928. The highest BCUT2D eigenvalue weighted by molar-refractivity contribution is 14.1. The standard InChI is InChI=1S/C16H22IN5O2S/c17-13-9-22(16-14(13)15(18)19-10-20-16)12-3-1-11(2-4-12)21-5-7-25(23,24)8-6-21/h9-12H,1-8H2,(H2,18,19,20). The first-order valence-electron chi connectivity index (χ1n) is 8.65. The summed E-state index contributed by atoms with van der Waals surface area (Å²) in [7, 11) is -2.81. The number of aromatic nitrogens is 3. The Labute approximate surface area is 161 Å². The third kappa shape index (κ3) is 3.37. The second-order valence-corrected chi connectivity index (χ2v) is 10.5. The molecule has 136 valence electrons. The summed E-state index contributed by atoms with van der Waals surface area (Å²) in [6.45, 7) is 1.37. The molecular weight excluding hydrogens is 453 g/mol. The first kappa shape index (κ1) is 17.5. The monoisotopic (exact) mass is 475 g/mol. The van der Waals surface area contributed by atoms with Crippen LogP contribution >= 0.6 is 22.6 Å². The van der Waals surface area contributed by atoms with E-state index >= 15 is 0 Å². The van der Waals surface area contributed by atoms with E-state index in [1.807, 2.05) is 0 Å². The van der Waals surface area contributed by atoms with Crippen molar-refractivity contribution in [2.45, 2.75) is 37.8 Å². The third-order valence-corrected chi connectivity index (χ3v) is 7.97. The lowest BCUT2D eigenvalue weighted by Crippen LogP contribution is -2.47. The predicted molar refractivity (Wildman–Crippen MR) is 106 cm³/mol. The van der Waals surface area contributed by atoms with Gasteiger partial charge >= 0.3 is 0 Å². The maximum Gasteiger partial charge on any atom is 0.152 e. The molecule has 2 N–H and O–H groups in total. The zero-order valence-corrected chi connectivity index (χ0v) is 16.9. The molecule has 2 aliphatic rings. The molecular formula is C16H22IN5O2S. The maximum atomic E-state index is 11.6. The largest absolute Gasteiger partial charge is 0.383 e. The Morgan fingerprint density at radius 3 is 2.40 bits per heavy atom. The molecule has 0 amide bonds. The van der Waals surface area contributed by atoms with Gasteiger partial charge in [0.05, 0.1) is 16.9 Å². The number of anilines is 1. The molecule has 9 heteroatoms. The Hall–Kier alpha value is -0.940. The van der Waals surface area contributed by atoms with Crippen LogP contribution in [0, 0.1) is 3.57 Å². The van der Waals surface area contributed by atoms with E-state index in [4.69, 9.17) is 5.73 Å². The Kier molecular flexibility index (Phi) is 4.65. The Balaban J connectivity index is 1.47. The molecule has 0 radical (unpaired) electrons. The van der Waals surface area contributed by atoms with E-state index in [2.05, 4.69) is 48.2 Å². The van der Waals surface area contributed by atoms with Crippen LogP contribution in [0.4, 0.5) is 5.82 Å². The summed E-state index contributed by atoms with van der Waals surface area (Å²) in [5.74, 6) is 1.16. The lowest BCUT2D eigenvalue weighted by Gasteiger charge is -2.39. The van der Waals surface area contributed by atoms with E-state index in [9.17, 15) is 8.42 Å². The average molecular weight is 475 g/mol.